The normalized spacial score (nSPS) is 18.1. The Balaban J connectivity index is 2.03. The van der Waals surface area contributed by atoms with Crippen LogP contribution in [0.4, 0.5) is 9.18 Å². The average Bonchev–Trinajstić information content (AvgIpc) is 2.76. The highest BCUT2D eigenvalue weighted by atomic mass is 19.1. The lowest BCUT2D eigenvalue weighted by molar-refractivity contribution is 0.0391. The Kier molecular flexibility index (Phi) is 3.95. The largest absolute Gasteiger partial charge is 0.497 e. The lowest BCUT2D eigenvalue weighted by Gasteiger charge is -2.26. The first-order valence-corrected chi connectivity index (χ1v) is 7.74. The maximum absolute atomic E-state index is 14.7. The molecular formula is C19H20FNO3. The van der Waals surface area contributed by atoms with Crippen molar-refractivity contribution in [1.29, 1.82) is 0 Å². The van der Waals surface area contributed by atoms with Gasteiger partial charge in [0.2, 0.25) is 0 Å². The van der Waals surface area contributed by atoms with Crippen molar-refractivity contribution in [2.24, 2.45) is 11.1 Å². The molecule has 1 aliphatic carbocycles. The monoisotopic (exact) mass is 329 g/mol. The molecule has 126 valence electrons. The smallest absolute Gasteiger partial charge is 0.405 e. The van der Waals surface area contributed by atoms with Crippen LogP contribution in [-0.4, -0.2) is 13.2 Å². The van der Waals surface area contributed by atoms with Gasteiger partial charge in [0.25, 0.3) is 0 Å². The van der Waals surface area contributed by atoms with Gasteiger partial charge in [-0.15, -0.1) is 0 Å². The van der Waals surface area contributed by atoms with Crippen molar-refractivity contribution in [2.75, 3.05) is 7.11 Å². The van der Waals surface area contributed by atoms with E-state index in [1.165, 1.54) is 6.07 Å². The summed E-state index contributed by atoms with van der Waals surface area (Å²) >= 11 is 0. The van der Waals surface area contributed by atoms with E-state index in [4.69, 9.17) is 15.2 Å². The summed E-state index contributed by atoms with van der Waals surface area (Å²) in [7, 11) is 1.59. The fraction of sp³-hybridized carbons (Fsp3) is 0.316. The molecule has 2 aromatic carbocycles. The molecule has 0 spiro atoms. The van der Waals surface area contributed by atoms with Crippen LogP contribution in [0.15, 0.2) is 36.4 Å². The van der Waals surface area contributed by atoms with E-state index in [1.807, 2.05) is 32.0 Å². The molecule has 1 aliphatic rings. The first-order valence-electron chi connectivity index (χ1n) is 7.74. The molecule has 0 saturated heterocycles. The number of hydrogen-bond acceptors (Lipinski definition) is 3. The predicted octanol–water partition coefficient (Wildman–Crippen LogP) is 4.22. The third-order valence-corrected chi connectivity index (χ3v) is 4.50. The summed E-state index contributed by atoms with van der Waals surface area (Å²) < 4.78 is 25.0. The molecule has 0 saturated carbocycles. The van der Waals surface area contributed by atoms with Gasteiger partial charge in [-0.25, -0.2) is 9.18 Å². The Labute approximate surface area is 140 Å². The van der Waals surface area contributed by atoms with E-state index >= 15 is 0 Å². The molecule has 0 aromatic heterocycles. The standard InChI is InChI=1S/C19H20FNO3/c1-19(2)10-12-8-14(11-4-6-13(23-3)7-5-11)16(20)9-15(12)17(19)24-18(21)22/h4-9,17H,10H2,1-3H3,(H2,21,22). The van der Waals surface area contributed by atoms with Gasteiger partial charge in [0, 0.05) is 11.0 Å². The van der Waals surface area contributed by atoms with Crippen LogP contribution in [0.25, 0.3) is 11.1 Å². The number of carbonyl (C=O) groups is 1. The second-order valence-electron chi connectivity index (χ2n) is 6.74. The van der Waals surface area contributed by atoms with Crippen molar-refractivity contribution in [2.45, 2.75) is 26.4 Å². The molecule has 0 fully saturated rings. The van der Waals surface area contributed by atoms with E-state index in [0.717, 1.165) is 16.9 Å². The van der Waals surface area contributed by atoms with Gasteiger partial charge in [-0.1, -0.05) is 26.0 Å². The quantitative estimate of drug-likeness (QED) is 0.917. The second kappa shape index (κ2) is 5.82. The molecular weight excluding hydrogens is 309 g/mol. The highest BCUT2D eigenvalue weighted by Crippen LogP contribution is 2.48. The number of ether oxygens (including phenoxy) is 2. The number of hydrogen-bond donors (Lipinski definition) is 1. The van der Waals surface area contributed by atoms with Gasteiger partial charge >= 0.3 is 6.09 Å². The number of nitrogens with two attached hydrogens (primary N) is 1. The number of rotatable bonds is 3. The lowest BCUT2D eigenvalue weighted by atomic mass is 9.87. The second-order valence-corrected chi connectivity index (χ2v) is 6.74. The summed E-state index contributed by atoms with van der Waals surface area (Å²) in [6.07, 6.45) is -0.700. The maximum atomic E-state index is 14.7. The SMILES string of the molecule is COc1ccc(-c2cc3c(cc2F)C(OC(N)=O)C(C)(C)C3)cc1. The molecule has 0 radical (unpaired) electrons. The van der Waals surface area contributed by atoms with Crippen molar-refractivity contribution >= 4 is 6.09 Å². The Hall–Kier alpha value is -2.56. The first-order chi connectivity index (χ1) is 11.3. The highest BCUT2D eigenvalue weighted by Gasteiger charge is 2.42. The topological polar surface area (TPSA) is 61.6 Å². The summed E-state index contributed by atoms with van der Waals surface area (Å²) in [5.74, 6) is 0.367. The Bertz CT molecular complexity index is 784. The molecule has 5 heteroatoms. The highest BCUT2D eigenvalue weighted by molar-refractivity contribution is 5.68. The minimum absolute atomic E-state index is 0.331. The van der Waals surface area contributed by atoms with Crippen molar-refractivity contribution in [1.82, 2.24) is 0 Å². The number of carbonyl (C=O) groups excluding carboxylic acids is 1. The van der Waals surface area contributed by atoms with Crippen LogP contribution in [0, 0.1) is 11.2 Å². The van der Waals surface area contributed by atoms with Gasteiger partial charge in [-0.2, -0.15) is 0 Å². The van der Waals surface area contributed by atoms with Crippen LogP contribution in [0.3, 0.4) is 0 Å². The minimum atomic E-state index is -0.847. The van der Waals surface area contributed by atoms with Gasteiger partial charge < -0.3 is 15.2 Å². The van der Waals surface area contributed by atoms with E-state index in [2.05, 4.69) is 0 Å². The van der Waals surface area contributed by atoms with Crippen LogP contribution in [0.5, 0.6) is 5.75 Å². The van der Waals surface area contributed by atoms with Crippen LogP contribution < -0.4 is 10.5 Å². The van der Waals surface area contributed by atoms with Gasteiger partial charge in [0.15, 0.2) is 0 Å². The molecule has 0 heterocycles. The molecule has 0 aliphatic heterocycles. The van der Waals surface area contributed by atoms with Crippen molar-refractivity contribution in [3.8, 4) is 16.9 Å². The molecule has 1 atom stereocenters. The number of amides is 1. The zero-order chi connectivity index (χ0) is 17.5. The summed E-state index contributed by atoms with van der Waals surface area (Å²) in [5, 5.41) is 0. The van der Waals surface area contributed by atoms with Crippen LogP contribution in [-0.2, 0) is 11.2 Å². The van der Waals surface area contributed by atoms with Gasteiger partial charge in [0.05, 0.1) is 7.11 Å². The molecule has 2 N–H and O–H groups in total. The third-order valence-electron chi connectivity index (χ3n) is 4.50. The zero-order valence-electron chi connectivity index (χ0n) is 13.9. The van der Waals surface area contributed by atoms with Crippen molar-refractivity contribution in [3.63, 3.8) is 0 Å². The molecule has 24 heavy (non-hydrogen) atoms. The van der Waals surface area contributed by atoms with Crippen molar-refractivity contribution < 1.29 is 18.7 Å². The number of halogens is 1. The van der Waals surface area contributed by atoms with E-state index in [9.17, 15) is 9.18 Å². The summed E-state index contributed by atoms with van der Waals surface area (Å²) in [6.45, 7) is 3.96. The van der Waals surface area contributed by atoms with E-state index in [-0.39, 0.29) is 11.2 Å². The van der Waals surface area contributed by atoms with E-state index in [1.54, 1.807) is 19.2 Å². The summed E-state index contributed by atoms with van der Waals surface area (Å²) in [4.78, 5) is 11.2. The van der Waals surface area contributed by atoms with Gasteiger partial charge in [0.1, 0.15) is 17.7 Å². The van der Waals surface area contributed by atoms with Gasteiger partial charge in [-0.3, -0.25) is 0 Å². The molecule has 1 amide bonds. The van der Waals surface area contributed by atoms with E-state index in [0.29, 0.717) is 17.5 Å². The number of fused-ring (bicyclic) bond motifs is 1. The molecule has 0 bridgehead atoms. The van der Waals surface area contributed by atoms with Crippen molar-refractivity contribution in [3.05, 3.63) is 53.3 Å². The summed E-state index contributed by atoms with van der Waals surface area (Å²) in [5.41, 5.74) is 7.79. The maximum Gasteiger partial charge on any atom is 0.405 e. The van der Waals surface area contributed by atoms with Crippen LogP contribution >= 0.6 is 0 Å². The molecule has 2 aromatic rings. The molecule has 3 rings (SSSR count). The summed E-state index contributed by atoms with van der Waals surface area (Å²) in [6, 6.07) is 10.5. The lowest BCUT2D eigenvalue weighted by Crippen LogP contribution is -2.25. The Morgan fingerprint density at radius 1 is 1.25 bits per heavy atom. The number of methoxy groups -OCH3 is 1. The minimum Gasteiger partial charge on any atom is -0.497 e. The molecule has 4 nitrogen and oxygen atoms in total. The van der Waals surface area contributed by atoms with E-state index < -0.39 is 12.2 Å². The van der Waals surface area contributed by atoms with Gasteiger partial charge in [-0.05, 0) is 47.4 Å². The average molecular weight is 329 g/mol. The first kappa shape index (κ1) is 16.3. The fourth-order valence-corrected chi connectivity index (χ4v) is 3.37. The predicted molar refractivity (Wildman–Crippen MR) is 89.3 cm³/mol. The fourth-order valence-electron chi connectivity index (χ4n) is 3.37. The Morgan fingerprint density at radius 2 is 1.92 bits per heavy atom. The third kappa shape index (κ3) is 2.82. The Morgan fingerprint density at radius 3 is 2.50 bits per heavy atom. The zero-order valence-corrected chi connectivity index (χ0v) is 13.9. The number of benzene rings is 2. The van der Waals surface area contributed by atoms with Crippen LogP contribution in [0.2, 0.25) is 0 Å². The molecule has 1 unspecified atom stereocenters. The van der Waals surface area contributed by atoms with Crippen LogP contribution in [0.1, 0.15) is 31.1 Å². The number of primary amides is 1.